The molecular weight excluding hydrogens is 166 g/mol. The van der Waals surface area contributed by atoms with Gasteiger partial charge in [0.05, 0.1) is 0 Å². The van der Waals surface area contributed by atoms with Gasteiger partial charge in [-0.25, -0.2) is 0 Å². The van der Waals surface area contributed by atoms with Crippen LogP contribution in [0.4, 0.5) is 0 Å². The molecule has 0 spiro atoms. The molecule has 3 heteroatoms. The van der Waals surface area contributed by atoms with Gasteiger partial charge in [-0.15, -0.1) is 0 Å². The molecule has 1 rings (SSSR count). The zero-order valence-electron chi connectivity index (χ0n) is 8.58. The Morgan fingerprint density at radius 3 is 2.54 bits per heavy atom. The summed E-state index contributed by atoms with van der Waals surface area (Å²) in [4.78, 5) is 11.5. The summed E-state index contributed by atoms with van der Waals surface area (Å²) >= 11 is 0. The van der Waals surface area contributed by atoms with E-state index in [2.05, 4.69) is 12.2 Å². The van der Waals surface area contributed by atoms with Crippen molar-refractivity contribution in [2.75, 3.05) is 6.61 Å². The first-order chi connectivity index (χ1) is 6.06. The average Bonchev–Trinajstić information content (AvgIpc) is 2.81. The average molecular weight is 185 g/mol. The van der Waals surface area contributed by atoms with Gasteiger partial charge in [0, 0.05) is 18.6 Å². The van der Waals surface area contributed by atoms with Gasteiger partial charge in [0.2, 0.25) is 5.91 Å². The summed E-state index contributed by atoms with van der Waals surface area (Å²) in [7, 11) is 0. The van der Waals surface area contributed by atoms with E-state index in [1.807, 2.05) is 13.8 Å². The summed E-state index contributed by atoms with van der Waals surface area (Å²) in [5, 5.41) is 11.8. The van der Waals surface area contributed by atoms with Gasteiger partial charge < -0.3 is 10.4 Å². The molecule has 0 aromatic heterocycles. The molecule has 0 bridgehead atoms. The van der Waals surface area contributed by atoms with Crippen LogP contribution in [0.15, 0.2) is 0 Å². The maximum Gasteiger partial charge on any atom is 0.223 e. The highest BCUT2D eigenvalue weighted by Crippen LogP contribution is 2.37. The van der Waals surface area contributed by atoms with Crippen molar-refractivity contribution in [2.45, 2.75) is 33.2 Å². The highest BCUT2D eigenvalue weighted by molar-refractivity contribution is 5.81. The third-order valence-corrected chi connectivity index (χ3v) is 2.96. The molecule has 0 radical (unpaired) electrons. The number of aliphatic hydroxyl groups is 1. The number of amides is 1. The van der Waals surface area contributed by atoms with Crippen molar-refractivity contribution in [1.29, 1.82) is 0 Å². The van der Waals surface area contributed by atoms with Gasteiger partial charge in [-0.05, 0) is 25.2 Å². The van der Waals surface area contributed by atoms with Crippen LogP contribution in [-0.4, -0.2) is 23.7 Å². The van der Waals surface area contributed by atoms with Crippen LogP contribution in [0.2, 0.25) is 0 Å². The second-order valence-electron chi connectivity index (χ2n) is 4.28. The fourth-order valence-electron chi connectivity index (χ4n) is 1.32. The fraction of sp³-hybridized carbons (Fsp3) is 0.900. The van der Waals surface area contributed by atoms with Crippen LogP contribution in [0.1, 0.15) is 27.2 Å². The summed E-state index contributed by atoms with van der Waals surface area (Å²) in [6.45, 7) is 6.08. The maximum atomic E-state index is 11.5. The maximum absolute atomic E-state index is 11.5. The second kappa shape index (κ2) is 4.09. The first kappa shape index (κ1) is 10.5. The number of aliphatic hydroxyl groups excluding tert-OH is 1. The van der Waals surface area contributed by atoms with Crippen molar-refractivity contribution in [1.82, 2.24) is 5.32 Å². The summed E-state index contributed by atoms with van der Waals surface area (Å²) < 4.78 is 0. The standard InChI is InChI=1S/C10H19NO2/c1-6-4-9(6)10(13)11-8(3)7(2)5-12/h6-9,12H,4-5H2,1-3H3,(H,11,13). The van der Waals surface area contributed by atoms with E-state index in [4.69, 9.17) is 5.11 Å². The van der Waals surface area contributed by atoms with Gasteiger partial charge in [-0.2, -0.15) is 0 Å². The van der Waals surface area contributed by atoms with Crippen molar-refractivity contribution in [3.8, 4) is 0 Å². The number of carbonyl (C=O) groups is 1. The SMILES string of the molecule is CC(CO)C(C)NC(=O)C1CC1C. The minimum Gasteiger partial charge on any atom is -0.396 e. The Bertz CT molecular complexity index is 193. The first-order valence-corrected chi connectivity index (χ1v) is 4.97. The molecule has 2 N–H and O–H groups in total. The highest BCUT2D eigenvalue weighted by atomic mass is 16.3. The summed E-state index contributed by atoms with van der Waals surface area (Å²) in [6, 6.07) is 0.0744. The molecule has 1 amide bonds. The van der Waals surface area contributed by atoms with Crippen molar-refractivity contribution in [3.05, 3.63) is 0 Å². The monoisotopic (exact) mass is 185 g/mol. The van der Waals surface area contributed by atoms with Gasteiger partial charge in [-0.1, -0.05) is 13.8 Å². The van der Waals surface area contributed by atoms with Crippen molar-refractivity contribution in [3.63, 3.8) is 0 Å². The predicted molar refractivity (Wildman–Crippen MR) is 51.1 cm³/mol. The Hall–Kier alpha value is -0.570. The zero-order valence-corrected chi connectivity index (χ0v) is 8.58. The van der Waals surface area contributed by atoms with Gasteiger partial charge >= 0.3 is 0 Å². The van der Waals surface area contributed by atoms with Gasteiger partial charge in [0.1, 0.15) is 0 Å². The fourth-order valence-corrected chi connectivity index (χ4v) is 1.32. The predicted octanol–water partition coefficient (Wildman–Crippen LogP) is 0.775. The Morgan fingerprint density at radius 2 is 2.15 bits per heavy atom. The molecule has 1 aliphatic carbocycles. The molecular formula is C10H19NO2. The third-order valence-electron chi connectivity index (χ3n) is 2.96. The summed E-state index contributed by atoms with van der Waals surface area (Å²) in [5.41, 5.74) is 0. The van der Waals surface area contributed by atoms with E-state index in [0.29, 0.717) is 5.92 Å². The van der Waals surface area contributed by atoms with Crippen LogP contribution < -0.4 is 5.32 Å². The van der Waals surface area contributed by atoms with Crippen LogP contribution in [0.25, 0.3) is 0 Å². The molecule has 0 aliphatic heterocycles. The van der Waals surface area contributed by atoms with Crippen LogP contribution in [0.5, 0.6) is 0 Å². The van der Waals surface area contributed by atoms with E-state index in [1.165, 1.54) is 0 Å². The zero-order chi connectivity index (χ0) is 10.0. The smallest absolute Gasteiger partial charge is 0.223 e. The lowest BCUT2D eigenvalue weighted by molar-refractivity contribution is -0.123. The molecule has 0 aromatic rings. The quantitative estimate of drug-likeness (QED) is 0.680. The van der Waals surface area contributed by atoms with Crippen molar-refractivity contribution < 1.29 is 9.90 Å². The lowest BCUT2D eigenvalue weighted by Crippen LogP contribution is -2.39. The molecule has 13 heavy (non-hydrogen) atoms. The lowest BCUT2D eigenvalue weighted by Gasteiger charge is -2.19. The first-order valence-electron chi connectivity index (χ1n) is 4.97. The van der Waals surface area contributed by atoms with Crippen LogP contribution in [-0.2, 0) is 4.79 Å². The Labute approximate surface area is 79.5 Å². The van der Waals surface area contributed by atoms with E-state index in [9.17, 15) is 4.79 Å². The second-order valence-corrected chi connectivity index (χ2v) is 4.28. The summed E-state index contributed by atoms with van der Waals surface area (Å²) in [6.07, 6.45) is 1.02. The molecule has 0 saturated heterocycles. The molecule has 3 nitrogen and oxygen atoms in total. The Morgan fingerprint density at radius 1 is 1.62 bits per heavy atom. The van der Waals surface area contributed by atoms with Crippen LogP contribution in [0, 0.1) is 17.8 Å². The van der Waals surface area contributed by atoms with E-state index in [-0.39, 0.29) is 30.4 Å². The van der Waals surface area contributed by atoms with Crippen LogP contribution in [0.3, 0.4) is 0 Å². The summed E-state index contributed by atoms with van der Waals surface area (Å²) in [5.74, 6) is 1.07. The molecule has 1 saturated carbocycles. The normalized spacial score (nSPS) is 30.8. The van der Waals surface area contributed by atoms with E-state index < -0.39 is 0 Å². The highest BCUT2D eigenvalue weighted by Gasteiger charge is 2.39. The third kappa shape index (κ3) is 2.69. The molecule has 4 atom stereocenters. The molecule has 1 aliphatic rings. The van der Waals surface area contributed by atoms with Crippen molar-refractivity contribution in [2.24, 2.45) is 17.8 Å². The molecule has 1 fully saturated rings. The van der Waals surface area contributed by atoms with Crippen LogP contribution >= 0.6 is 0 Å². The Balaban J connectivity index is 2.27. The van der Waals surface area contributed by atoms with E-state index in [1.54, 1.807) is 0 Å². The van der Waals surface area contributed by atoms with Gasteiger partial charge in [0.25, 0.3) is 0 Å². The van der Waals surface area contributed by atoms with E-state index >= 15 is 0 Å². The van der Waals surface area contributed by atoms with E-state index in [0.717, 1.165) is 6.42 Å². The molecule has 0 heterocycles. The largest absolute Gasteiger partial charge is 0.396 e. The number of rotatable bonds is 4. The minimum atomic E-state index is 0.0744. The number of nitrogens with one attached hydrogen (secondary N) is 1. The minimum absolute atomic E-state index is 0.0744. The molecule has 76 valence electrons. The number of carbonyl (C=O) groups excluding carboxylic acids is 1. The molecule has 4 unspecified atom stereocenters. The molecule has 0 aromatic carbocycles. The van der Waals surface area contributed by atoms with Gasteiger partial charge in [0.15, 0.2) is 0 Å². The topological polar surface area (TPSA) is 49.3 Å². The lowest BCUT2D eigenvalue weighted by atomic mass is 10.1. The van der Waals surface area contributed by atoms with Crippen molar-refractivity contribution >= 4 is 5.91 Å². The Kier molecular flexibility index (Phi) is 3.31. The van der Waals surface area contributed by atoms with Gasteiger partial charge in [-0.3, -0.25) is 4.79 Å². The number of hydrogen-bond acceptors (Lipinski definition) is 2. The number of hydrogen-bond donors (Lipinski definition) is 2.